The minimum atomic E-state index is 0.0611. The minimum Gasteiger partial charge on any atom is -0.382 e. The van der Waals surface area contributed by atoms with Gasteiger partial charge < -0.3 is 9.47 Å². The maximum Gasteiger partial charge on any atom is 0.0477 e. The van der Waals surface area contributed by atoms with Gasteiger partial charge in [0.2, 0.25) is 0 Å². The van der Waals surface area contributed by atoms with Gasteiger partial charge in [0, 0.05) is 31.6 Å². The number of rotatable bonds is 9. The molecule has 0 spiro atoms. The van der Waals surface area contributed by atoms with Crippen LogP contribution in [0, 0.1) is 0 Å². The Morgan fingerprint density at radius 3 is 1.89 bits per heavy atom. The van der Waals surface area contributed by atoms with Gasteiger partial charge in [0.25, 0.3) is 0 Å². The van der Waals surface area contributed by atoms with E-state index in [0.29, 0.717) is 0 Å². The second-order valence-corrected chi connectivity index (χ2v) is 5.52. The molecule has 1 rings (SSSR count). The Balaban J connectivity index is 2.67. The molecule has 0 amide bonds. The first kappa shape index (κ1) is 15.6. The highest BCUT2D eigenvalue weighted by atomic mass is 31.0. The Morgan fingerprint density at radius 1 is 0.944 bits per heavy atom. The molecule has 0 aromatic heterocycles. The zero-order valence-corrected chi connectivity index (χ0v) is 12.7. The molecule has 2 nitrogen and oxygen atoms in total. The molecule has 1 aromatic carbocycles. The molecular formula is C15H25O2P. The molecule has 0 bridgehead atoms. The smallest absolute Gasteiger partial charge is 0.0477 e. The predicted molar refractivity (Wildman–Crippen MR) is 80.1 cm³/mol. The zero-order chi connectivity index (χ0) is 13.3. The molecule has 18 heavy (non-hydrogen) atoms. The molecule has 0 fully saturated rings. The Kier molecular flexibility index (Phi) is 7.50. The third kappa shape index (κ3) is 5.06. The highest BCUT2D eigenvalue weighted by Crippen LogP contribution is 2.38. The van der Waals surface area contributed by atoms with E-state index in [1.54, 1.807) is 0 Å². The van der Waals surface area contributed by atoms with E-state index in [0.717, 1.165) is 39.3 Å². The SMILES string of the molecule is CCOCCC(P)(CCOCC)c1ccccc1. The number of hydrogen-bond donors (Lipinski definition) is 0. The summed E-state index contributed by atoms with van der Waals surface area (Å²) in [5.41, 5.74) is 1.34. The third-order valence-corrected chi connectivity index (χ3v) is 4.05. The quantitative estimate of drug-likeness (QED) is 0.503. The van der Waals surface area contributed by atoms with Gasteiger partial charge in [0.05, 0.1) is 0 Å². The third-order valence-electron chi connectivity index (χ3n) is 3.14. The lowest BCUT2D eigenvalue weighted by molar-refractivity contribution is 0.114. The van der Waals surface area contributed by atoms with Crippen LogP contribution in [0.3, 0.4) is 0 Å². The van der Waals surface area contributed by atoms with Crippen LogP contribution in [0.1, 0.15) is 32.3 Å². The van der Waals surface area contributed by atoms with Gasteiger partial charge in [-0.15, -0.1) is 9.24 Å². The molecule has 3 heteroatoms. The average Bonchev–Trinajstić information content (AvgIpc) is 2.40. The summed E-state index contributed by atoms with van der Waals surface area (Å²) in [4.78, 5) is 0. The van der Waals surface area contributed by atoms with Crippen molar-refractivity contribution in [1.29, 1.82) is 0 Å². The fourth-order valence-corrected chi connectivity index (χ4v) is 2.41. The summed E-state index contributed by atoms with van der Waals surface area (Å²) < 4.78 is 11.0. The van der Waals surface area contributed by atoms with E-state index in [1.165, 1.54) is 5.56 Å². The molecule has 0 N–H and O–H groups in total. The fraction of sp³-hybridized carbons (Fsp3) is 0.600. The van der Waals surface area contributed by atoms with E-state index in [1.807, 2.05) is 13.8 Å². The summed E-state index contributed by atoms with van der Waals surface area (Å²) >= 11 is 0. The van der Waals surface area contributed by atoms with Crippen LogP contribution in [0.15, 0.2) is 30.3 Å². The van der Waals surface area contributed by atoms with Crippen LogP contribution in [0.2, 0.25) is 0 Å². The molecular weight excluding hydrogens is 243 g/mol. The van der Waals surface area contributed by atoms with Crippen molar-refractivity contribution in [2.75, 3.05) is 26.4 Å². The molecule has 0 aliphatic rings. The van der Waals surface area contributed by atoms with Crippen molar-refractivity contribution in [2.45, 2.75) is 31.8 Å². The molecule has 0 saturated carbocycles. The van der Waals surface area contributed by atoms with Crippen LogP contribution in [-0.4, -0.2) is 26.4 Å². The van der Waals surface area contributed by atoms with Gasteiger partial charge in [-0.1, -0.05) is 30.3 Å². The van der Waals surface area contributed by atoms with Crippen molar-refractivity contribution >= 4 is 9.24 Å². The molecule has 1 atom stereocenters. The predicted octanol–water partition coefficient (Wildman–Crippen LogP) is 3.61. The molecule has 0 saturated heterocycles. The Labute approximate surface area is 113 Å². The first-order valence-electron chi connectivity index (χ1n) is 6.73. The van der Waals surface area contributed by atoms with Crippen molar-refractivity contribution in [2.24, 2.45) is 0 Å². The van der Waals surface area contributed by atoms with E-state index in [4.69, 9.17) is 9.47 Å². The van der Waals surface area contributed by atoms with Gasteiger partial charge in [-0.3, -0.25) is 0 Å². The maximum absolute atomic E-state index is 5.50. The van der Waals surface area contributed by atoms with Gasteiger partial charge >= 0.3 is 0 Å². The monoisotopic (exact) mass is 268 g/mol. The Morgan fingerprint density at radius 2 is 1.44 bits per heavy atom. The first-order valence-corrected chi connectivity index (χ1v) is 7.30. The molecule has 1 unspecified atom stereocenters. The summed E-state index contributed by atoms with van der Waals surface area (Å²) in [5.74, 6) is 0. The van der Waals surface area contributed by atoms with Crippen LogP contribution in [0.25, 0.3) is 0 Å². The van der Waals surface area contributed by atoms with Gasteiger partial charge in [-0.05, 0) is 32.3 Å². The van der Waals surface area contributed by atoms with Gasteiger partial charge in [0.15, 0.2) is 0 Å². The zero-order valence-electron chi connectivity index (χ0n) is 11.5. The van der Waals surface area contributed by atoms with Crippen LogP contribution in [0.5, 0.6) is 0 Å². The number of benzene rings is 1. The van der Waals surface area contributed by atoms with Crippen molar-refractivity contribution in [3.05, 3.63) is 35.9 Å². The second kappa shape index (κ2) is 8.63. The summed E-state index contributed by atoms with van der Waals surface area (Å²) in [6, 6.07) is 10.6. The first-order chi connectivity index (χ1) is 8.73. The second-order valence-electron chi connectivity index (χ2n) is 4.42. The van der Waals surface area contributed by atoms with Gasteiger partial charge in [0.1, 0.15) is 0 Å². The van der Waals surface area contributed by atoms with E-state index < -0.39 is 0 Å². The average molecular weight is 268 g/mol. The topological polar surface area (TPSA) is 18.5 Å². The van der Waals surface area contributed by atoms with Gasteiger partial charge in [-0.2, -0.15) is 0 Å². The van der Waals surface area contributed by atoms with E-state index in [2.05, 4.69) is 39.6 Å². The minimum absolute atomic E-state index is 0.0611. The van der Waals surface area contributed by atoms with Crippen LogP contribution in [-0.2, 0) is 14.6 Å². The van der Waals surface area contributed by atoms with E-state index >= 15 is 0 Å². The summed E-state index contributed by atoms with van der Waals surface area (Å²) in [5, 5.41) is 0.0611. The maximum atomic E-state index is 5.50. The normalized spacial score (nSPS) is 11.7. The summed E-state index contributed by atoms with van der Waals surface area (Å²) in [6.45, 7) is 7.21. The molecule has 0 aliphatic carbocycles. The molecule has 0 radical (unpaired) electrons. The van der Waals surface area contributed by atoms with Gasteiger partial charge in [-0.25, -0.2) is 0 Å². The molecule has 0 aliphatic heterocycles. The molecule has 1 aromatic rings. The van der Waals surface area contributed by atoms with Crippen LogP contribution < -0.4 is 0 Å². The largest absolute Gasteiger partial charge is 0.382 e. The highest BCUT2D eigenvalue weighted by Gasteiger charge is 2.26. The Bertz CT molecular complexity index is 304. The van der Waals surface area contributed by atoms with E-state index in [-0.39, 0.29) is 5.16 Å². The standard InChI is InChI=1S/C15H25O2P/c1-3-16-12-10-15(18,11-13-17-4-2)14-8-6-5-7-9-14/h5-9H,3-4,10-13,18H2,1-2H3. The Hall–Kier alpha value is -0.430. The summed E-state index contributed by atoms with van der Waals surface area (Å²) in [6.07, 6.45) is 2.01. The van der Waals surface area contributed by atoms with Crippen molar-refractivity contribution in [1.82, 2.24) is 0 Å². The fourth-order valence-electron chi connectivity index (χ4n) is 1.98. The lowest BCUT2D eigenvalue weighted by Gasteiger charge is -2.30. The van der Waals surface area contributed by atoms with Crippen molar-refractivity contribution < 1.29 is 9.47 Å². The van der Waals surface area contributed by atoms with Crippen LogP contribution in [0.4, 0.5) is 0 Å². The molecule has 0 heterocycles. The summed E-state index contributed by atoms with van der Waals surface area (Å²) in [7, 11) is 3.01. The van der Waals surface area contributed by atoms with Crippen molar-refractivity contribution in [3.8, 4) is 0 Å². The number of ether oxygens (including phenoxy) is 2. The lowest BCUT2D eigenvalue weighted by Crippen LogP contribution is -2.23. The highest BCUT2D eigenvalue weighted by molar-refractivity contribution is 7.18. The number of hydrogen-bond acceptors (Lipinski definition) is 2. The van der Waals surface area contributed by atoms with E-state index in [9.17, 15) is 0 Å². The lowest BCUT2D eigenvalue weighted by atomic mass is 9.92. The van der Waals surface area contributed by atoms with Crippen LogP contribution >= 0.6 is 9.24 Å². The van der Waals surface area contributed by atoms with Crippen molar-refractivity contribution in [3.63, 3.8) is 0 Å². The molecule has 102 valence electrons.